The number of carbonyl (C=O) groups is 5. The quantitative estimate of drug-likeness (QED) is 0.0189. The first-order chi connectivity index (χ1) is 55.1. The average Bonchev–Trinajstić information content (AvgIpc) is 1.09. The Hall–Kier alpha value is -10.4. The van der Waals surface area contributed by atoms with Crippen molar-refractivity contribution in [3.05, 3.63) is 261 Å². The second-order valence-electron chi connectivity index (χ2n) is 22.3. The van der Waals surface area contributed by atoms with Crippen molar-refractivity contribution in [3.63, 3.8) is 0 Å². The molecule has 0 aliphatic heterocycles. The van der Waals surface area contributed by atoms with Crippen molar-refractivity contribution in [3.8, 4) is 0 Å². The topological polar surface area (TPSA) is 204 Å². The van der Waals surface area contributed by atoms with E-state index < -0.39 is 11.1 Å². The van der Waals surface area contributed by atoms with E-state index in [1.165, 1.54) is 57.3 Å². The Morgan fingerprint density at radius 2 is 0.965 bits per heavy atom. The van der Waals surface area contributed by atoms with Crippen LogP contribution in [0.2, 0.25) is 0 Å². The minimum absolute atomic E-state index is 0.119. The molecule has 113 heavy (non-hydrogen) atoms. The monoisotopic (exact) mass is 1560 g/mol. The molecule has 16 nitrogen and oxygen atoms in total. The number of hydrogen-bond donors (Lipinski definition) is 1. The lowest BCUT2D eigenvalue weighted by atomic mass is 10.1. The Balaban J connectivity index is -0.000000385. The van der Waals surface area contributed by atoms with Crippen molar-refractivity contribution >= 4 is 73.8 Å². The number of imidazole rings is 1. The van der Waals surface area contributed by atoms with Gasteiger partial charge in [-0.2, -0.15) is 0 Å². The van der Waals surface area contributed by atoms with Crippen LogP contribution in [0, 0.1) is 6.92 Å². The van der Waals surface area contributed by atoms with Crippen LogP contribution in [0.25, 0.3) is 43.7 Å². The number of aromatic nitrogens is 6. The third-order valence-corrected chi connectivity index (χ3v) is 15.0. The smallest absolute Gasteiger partial charge is 0.316 e. The lowest BCUT2D eigenvalue weighted by Gasteiger charge is -2.05. The highest BCUT2D eigenvalue weighted by Crippen LogP contribution is 2.21. The number of para-hydroxylation sites is 5. The number of nitrogens with zero attached hydrogens (tertiary/aromatic N) is 5. The molecule has 0 aliphatic carbocycles. The number of esters is 3. The number of H-pyrrole nitrogens is 1. The van der Waals surface area contributed by atoms with E-state index in [-0.39, 0.29) is 23.7 Å². The van der Waals surface area contributed by atoms with Crippen LogP contribution in [0.1, 0.15) is 269 Å². The largest absolute Gasteiger partial charge is 0.469 e. The van der Waals surface area contributed by atoms with E-state index in [2.05, 4.69) is 100 Å². The molecule has 0 atom stereocenters. The van der Waals surface area contributed by atoms with Gasteiger partial charge in [0.25, 0.3) is 0 Å². The first-order valence-corrected chi connectivity index (χ1v) is 41.7. The standard InChI is InChI=1S/C13H19NO.C12H12.C11H11NO.C11H14O2.C10H10N2O2.C10H12O2.C9H10N2.C5H10O2.8C2H6/c1-3-4-5-6-7-13(15)12-9-8-11(2)10-14-12;1-2-10-7-8-11-5-3-4-6-12(11)9-10;1-2-9-7-12(8-13)11-6-4-3-5-10(9)11;1-2-6-11(12)13-9-10-7-4-3-5-8-10;1-2-12-8-6-4-3-5-7(8)11-9(13)10(12)14;1-2-10(11)12-8-9-6-4-3-5-7-9;1-2-11-7-10-8-5-3-4-6-9(8)11;1-3-4-5(6)7-2;8*1-2/h8-10H,3-7H2,1-2H3;3-9H,2H2,1H3;3-8H,2H2,1H3;3-5,7-8H,2,6,9H2,1H3;3-6H,2H2,1H3,(H,11,13);3-7H,2,8H2,1H3;3-7H,2H2,1H3;3-4H2,1-2H3;8*1-2H3. The summed E-state index contributed by atoms with van der Waals surface area (Å²) in [4.78, 5) is 87.9. The minimum atomic E-state index is -0.564. The molecule has 7 aromatic carbocycles. The number of Topliss-reactive ketones (excluding diaryl/α,β-unsaturated/α-hetero) is 1. The molecule has 11 aromatic rings. The lowest BCUT2D eigenvalue weighted by molar-refractivity contribution is -0.145. The molecular formula is C97H146N6O10. The fraction of sp³-hybridized carbons (Fsp3) is 0.433. The van der Waals surface area contributed by atoms with Crippen LogP contribution in [-0.4, -0.2) is 65.9 Å². The van der Waals surface area contributed by atoms with E-state index in [1.807, 2.05) is 284 Å². The van der Waals surface area contributed by atoms with E-state index in [1.54, 1.807) is 23.8 Å². The number of aryl methyl sites for hydroxylation is 5. The van der Waals surface area contributed by atoms with Crippen LogP contribution in [0.5, 0.6) is 0 Å². The summed E-state index contributed by atoms with van der Waals surface area (Å²) in [7, 11) is 1.40. The van der Waals surface area contributed by atoms with E-state index >= 15 is 0 Å². The molecular weight excluding hydrogens is 1410 g/mol. The van der Waals surface area contributed by atoms with E-state index in [0.29, 0.717) is 56.7 Å². The maximum absolute atomic E-state index is 11.7. The van der Waals surface area contributed by atoms with E-state index in [4.69, 9.17) is 9.47 Å². The predicted molar refractivity (Wildman–Crippen MR) is 484 cm³/mol. The second kappa shape index (κ2) is 77.0. The Morgan fingerprint density at radius 3 is 1.45 bits per heavy atom. The van der Waals surface area contributed by atoms with Gasteiger partial charge in [0.2, 0.25) is 6.41 Å². The molecule has 0 saturated heterocycles. The summed E-state index contributed by atoms with van der Waals surface area (Å²) >= 11 is 0. The zero-order valence-electron chi connectivity index (χ0n) is 74.3. The predicted octanol–water partition coefficient (Wildman–Crippen LogP) is 25.8. The Bertz CT molecular complexity index is 4220. The number of fused-ring (bicyclic) bond motifs is 4. The van der Waals surface area contributed by atoms with Crippen molar-refractivity contribution < 1.29 is 38.2 Å². The first kappa shape index (κ1) is 111. The summed E-state index contributed by atoms with van der Waals surface area (Å²) in [6, 6.07) is 61.6. The number of pyridine rings is 1. The van der Waals surface area contributed by atoms with Gasteiger partial charge in [-0.05, 0) is 128 Å². The number of carbonyl (C=O) groups excluding carboxylic acids is 5. The Morgan fingerprint density at radius 1 is 0.460 bits per heavy atom. The van der Waals surface area contributed by atoms with Gasteiger partial charge in [-0.15, -0.1) is 0 Å². The highest BCUT2D eigenvalue weighted by Gasteiger charge is 2.08. The van der Waals surface area contributed by atoms with E-state index in [0.717, 1.165) is 84.7 Å². The number of aromatic amines is 1. The number of ether oxygens (including phenoxy) is 3. The summed E-state index contributed by atoms with van der Waals surface area (Å²) in [6.45, 7) is 52.3. The Labute approximate surface area is 681 Å². The number of ketones is 1. The van der Waals surface area contributed by atoms with Gasteiger partial charge in [0, 0.05) is 56.6 Å². The third kappa shape index (κ3) is 47.6. The molecule has 4 heterocycles. The van der Waals surface area contributed by atoms with Crippen molar-refractivity contribution in [1.82, 2.24) is 28.7 Å². The second-order valence-corrected chi connectivity index (χ2v) is 22.3. The SMILES string of the molecule is CC.CC.CC.CC.CC.CC.CC.CC.CCC(=O)OCc1ccccc1.CCCC(=O)OC.CCCC(=O)OCc1ccccc1.CCCCCCC(=O)c1ccc(C)cn1.CCc1ccc2ccccc2c1.CCc1cn(C=O)c2ccccc12.CCn1c(=O)c(=O)[nH]c2ccccc21.CCn1cnc2ccccc21. The third-order valence-electron chi connectivity index (χ3n) is 15.0. The van der Waals surface area contributed by atoms with Crippen LogP contribution in [-0.2, 0) is 72.5 Å². The maximum atomic E-state index is 11.7. The first-order valence-electron chi connectivity index (χ1n) is 41.7. The van der Waals surface area contributed by atoms with Gasteiger partial charge in [-0.3, -0.25) is 43.1 Å². The average molecular weight is 1560 g/mol. The van der Waals surface area contributed by atoms with Crippen molar-refractivity contribution in [1.29, 1.82) is 0 Å². The number of hydrogen-bond acceptors (Lipinski definition) is 12. The molecule has 0 amide bonds. The minimum Gasteiger partial charge on any atom is -0.469 e. The zero-order chi connectivity index (χ0) is 86.6. The molecule has 0 saturated carbocycles. The van der Waals surface area contributed by atoms with E-state index in [9.17, 15) is 33.6 Å². The van der Waals surface area contributed by atoms with Gasteiger partial charge in [-0.25, -0.2) is 4.98 Å². The number of benzene rings is 7. The molecule has 0 fully saturated rings. The van der Waals surface area contributed by atoms with Crippen LogP contribution in [0.3, 0.4) is 0 Å². The summed E-state index contributed by atoms with van der Waals surface area (Å²) in [6.07, 6.45) is 16.8. The van der Waals surface area contributed by atoms with Crippen molar-refractivity contribution in [2.75, 3.05) is 7.11 Å². The summed E-state index contributed by atoms with van der Waals surface area (Å²) in [5.74, 6) is -0.223. The van der Waals surface area contributed by atoms with Crippen LogP contribution in [0.4, 0.5) is 0 Å². The van der Waals surface area contributed by atoms with Gasteiger partial charge in [-0.1, -0.05) is 323 Å². The van der Waals surface area contributed by atoms with Gasteiger partial charge >= 0.3 is 29.0 Å². The molecule has 0 radical (unpaired) electrons. The molecule has 0 spiro atoms. The zero-order valence-corrected chi connectivity index (χ0v) is 74.3. The highest BCUT2D eigenvalue weighted by molar-refractivity contribution is 5.94. The molecule has 11 rings (SSSR count). The molecule has 0 bridgehead atoms. The fourth-order valence-electron chi connectivity index (χ4n) is 9.54. The van der Waals surface area contributed by atoms with Crippen LogP contribution in [0.15, 0.2) is 216 Å². The normalized spacial score (nSPS) is 9.08. The number of methoxy groups -OCH3 is 1. The Kier molecular flexibility index (Phi) is 75.8. The number of unbranched alkanes of at least 4 members (excludes halogenated alkanes) is 3. The summed E-state index contributed by atoms with van der Waals surface area (Å²) in [5.41, 5.74) is 10.1. The van der Waals surface area contributed by atoms with Gasteiger partial charge in [0.05, 0.1) is 41.0 Å². The molecule has 624 valence electrons. The summed E-state index contributed by atoms with van der Waals surface area (Å²) < 4.78 is 19.6. The van der Waals surface area contributed by atoms with Crippen molar-refractivity contribution in [2.45, 2.75) is 276 Å². The van der Waals surface area contributed by atoms with Crippen molar-refractivity contribution in [2.24, 2.45) is 0 Å². The number of nitrogens with one attached hydrogen (secondary N) is 1. The molecule has 0 aliphatic rings. The maximum Gasteiger partial charge on any atom is 0.316 e. The van der Waals surface area contributed by atoms with Gasteiger partial charge < -0.3 is 28.3 Å². The molecule has 16 heteroatoms. The number of rotatable bonds is 20. The molecule has 1 N–H and O–H groups in total. The summed E-state index contributed by atoms with van der Waals surface area (Å²) in [5, 5.41) is 3.85. The van der Waals surface area contributed by atoms with Gasteiger partial charge in [0.1, 0.15) is 18.9 Å². The molecule has 4 aromatic heterocycles. The fourth-order valence-corrected chi connectivity index (χ4v) is 9.54. The highest BCUT2D eigenvalue weighted by atomic mass is 16.5. The lowest BCUT2D eigenvalue weighted by Crippen LogP contribution is -2.35. The van der Waals surface area contributed by atoms with Crippen LogP contribution < -0.4 is 11.1 Å². The van der Waals surface area contributed by atoms with Crippen LogP contribution >= 0.6 is 0 Å². The molecule has 0 unspecified atom stereocenters. The van der Waals surface area contributed by atoms with Gasteiger partial charge in [0.15, 0.2) is 5.78 Å².